The smallest absolute Gasteiger partial charge is 0.237 e. The highest BCUT2D eigenvalue weighted by Gasteiger charge is 2.64. The summed E-state index contributed by atoms with van der Waals surface area (Å²) in [6.07, 6.45) is 7.28. The number of methoxy groups -OCH3 is 1. The first-order chi connectivity index (χ1) is 18.6. The van der Waals surface area contributed by atoms with Gasteiger partial charge in [0.1, 0.15) is 17.7 Å². The summed E-state index contributed by atoms with van der Waals surface area (Å²) in [6, 6.07) is 14.2. The van der Waals surface area contributed by atoms with Crippen LogP contribution in [0.1, 0.15) is 30.4 Å². The number of benzene rings is 2. The molecule has 10 nitrogen and oxygen atoms in total. The minimum Gasteiger partial charge on any atom is -0.497 e. The summed E-state index contributed by atoms with van der Waals surface area (Å²) < 4.78 is 13.1. The van der Waals surface area contributed by atoms with E-state index in [1.54, 1.807) is 25.8 Å². The number of nitrogens with zero attached hydrogens (tertiary/aromatic N) is 4. The number of aromatic amines is 1. The molecular weight excluding hydrogens is 482 g/mol. The maximum atomic E-state index is 11.0. The number of anilines is 3. The number of hydrogen-bond donors (Lipinski definition) is 4. The number of pyridine rings is 1. The first-order valence-electron chi connectivity index (χ1n) is 12.6. The van der Waals surface area contributed by atoms with Crippen molar-refractivity contribution >= 4 is 28.1 Å². The Morgan fingerprint density at radius 1 is 1.21 bits per heavy atom. The summed E-state index contributed by atoms with van der Waals surface area (Å²) >= 11 is 0. The Bertz CT molecular complexity index is 1650. The van der Waals surface area contributed by atoms with Gasteiger partial charge in [-0.1, -0.05) is 6.07 Å². The van der Waals surface area contributed by atoms with Gasteiger partial charge in [-0.2, -0.15) is 5.10 Å². The van der Waals surface area contributed by atoms with E-state index in [4.69, 9.17) is 9.47 Å². The molecule has 1 unspecified atom stereocenters. The van der Waals surface area contributed by atoms with Crippen LogP contribution in [0.4, 0.5) is 17.2 Å². The average molecular weight is 510 g/mol. The van der Waals surface area contributed by atoms with Crippen LogP contribution < -0.4 is 20.1 Å². The Hall–Kier alpha value is -4.57. The standard InChI is InChI=1S/C28H27N7O3/c1-3-38-26-24(11-17(14-30-26)35-9-8-29-15-35)31-25-19-6-4-16(10-23(19)33-34-25)21-13-28(21)20-12-18(37-2)5-7-22(20)32-27(28)36/h4-12,14-15,21,27,32,36H,3,13H2,1-2H3,(H2,31,33,34)/t21-,27?,28-/m0/s1. The van der Waals surface area contributed by atoms with Crippen molar-refractivity contribution in [3.8, 4) is 17.3 Å². The van der Waals surface area contributed by atoms with E-state index in [-0.39, 0.29) is 11.3 Å². The molecule has 38 heavy (non-hydrogen) atoms. The number of imidazole rings is 1. The maximum absolute atomic E-state index is 11.0. The monoisotopic (exact) mass is 509 g/mol. The molecule has 3 atom stereocenters. The summed E-state index contributed by atoms with van der Waals surface area (Å²) in [5.41, 5.74) is 5.35. The van der Waals surface area contributed by atoms with Gasteiger partial charge in [0.2, 0.25) is 5.88 Å². The molecule has 1 spiro atoms. The normalized spacial score (nSPS) is 21.3. The third-order valence-electron chi connectivity index (χ3n) is 7.67. The first-order valence-corrected chi connectivity index (χ1v) is 12.6. The molecule has 5 aromatic rings. The fourth-order valence-corrected chi connectivity index (χ4v) is 5.69. The largest absolute Gasteiger partial charge is 0.497 e. The SMILES string of the molecule is CCOc1ncc(-n2ccnc2)cc1Nc1n[nH]c2cc([C@@H]3C[C@]34c3cc(OC)ccc3NC4O)ccc12. The van der Waals surface area contributed by atoms with Gasteiger partial charge in [0.25, 0.3) is 0 Å². The van der Waals surface area contributed by atoms with Crippen LogP contribution in [-0.2, 0) is 5.41 Å². The predicted molar refractivity (Wildman–Crippen MR) is 144 cm³/mol. The van der Waals surface area contributed by atoms with E-state index in [0.29, 0.717) is 24.0 Å². The molecule has 1 fully saturated rings. The van der Waals surface area contributed by atoms with Gasteiger partial charge in [0, 0.05) is 28.9 Å². The summed E-state index contributed by atoms with van der Waals surface area (Å²) in [6.45, 7) is 2.42. The number of fused-ring (bicyclic) bond motifs is 3. The highest BCUT2D eigenvalue weighted by Crippen LogP contribution is 2.67. The van der Waals surface area contributed by atoms with Crippen LogP contribution in [0.3, 0.4) is 0 Å². The summed E-state index contributed by atoms with van der Waals surface area (Å²) in [4.78, 5) is 8.62. The van der Waals surface area contributed by atoms with Crippen LogP contribution in [0.5, 0.6) is 11.6 Å². The Balaban J connectivity index is 1.20. The van der Waals surface area contributed by atoms with Gasteiger partial charge in [0.05, 0.1) is 37.4 Å². The minimum absolute atomic E-state index is 0.183. The van der Waals surface area contributed by atoms with Gasteiger partial charge >= 0.3 is 0 Å². The second-order valence-electron chi connectivity index (χ2n) is 9.71. The Morgan fingerprint density at radius 3 is 2.95 bits per heavy atom. The fourth-order valence-electron chi connectivity index (χ4n) is 5.69. The molecule has 4 heterocycles. The van der Waals surface area contributed by atoms with E-state index in [9.17, 15) is 5.11 Å². The summed E-state index contributed by atoms with van der Waals surface area (Å²) in [7, 11) is 1.66. The summed E-state index contributed by atoms with van der Waals surface area (Å²) in [5.74, 6) is 2.16. The highest BCUT2D eigenvalue weighted by atomic mass is 16.5. The zero-order valence-corrected chi connectivity index (χ0v) is 21.0. The number of rotatable bonds is 7. The van der Waals surface area contributed by atoms with E-state index in [1.807, 2.05) is 42.0 Å². The number of H-pyrrole nitrogens is 1. The Labute approximate surface area is 218 Å². The second kappa shape index (κ2) is 8.49. The number of aliphatic hydroxyl groups excluding tert-OH is 1. The van der Waals surface area contributed by atoms with Crippen LogP contribution >= 0.6 is 0 Å². The molecule has 0 saturated heterocycles. The predicted octanol–water partition coefficient (Wildman–Crippen LogP) is 4.46. The molecule has 1 aliphatic carbocycles. The fraction of sp³-hybridized carbons (Fsp3) is 0.250. The topological polar surface area (TPSA) is 122 Å². The van der Waals surface area contributed by atoms with Crippen molar-refractivity contribution in [2.24, 2.45) is 0 Å². The van der Waals surface area contributed by atoms with Crippen molar-refractivity contribution in [3.63, 3.8) is 0 Å². The lowest BCUT2D eigenvalue weighted by Crippen LogP contribution is -2.27. The second-order valence-corrected chi connectivity index (χ2v) is 9.71. The van der Waals surface area contributed by atoms with Gasteiger partial charge in [-0.3, -0.25) is 5.10 Å². The molecular formula is C28H27N7O3. The van der Waals surface area contributed by atoms with E-state index in [0.717, 1.165) is 45.6 Å². The number of nitrogens with one attached hydrogen (secondary N) is 3. The molecule has 0 bridgehead atoms. The average Bonchev–Trinajstić information content (AvgIpc) is 3.20. The number of aliphatic hydroxyl groups is 1. The van der Waals surface area contributed by atoms with Gasteiger partial charge in [-0.05, 0) is 66.8 Å². The van der Waals surface area contributed by atoms with E-state index in [2.05, 4.69) is 49.0 Å². The lowest BCUT2D eigenvalue weighted by molar-refractivity contribution is 0.166. The summed E-state index contributed by atoms with van der Waals surface area (Å²) in [5, 5.41) is 26.3. The van der Waals surface area contributed by atoms with Gasteiger partial charge < -0.3 is 29.8 Å². The van der Waals surface area contributed by atoms with Crippen molar-refractivity contribution in [3.05, 3.63) is 78.5 Å². The van der Waals surface area contributed by atoms with Gasteiger partial charge in [0.15, 0.2) is 5.82 Å². The molecule has 192 valence electrons. The third kappa shape index (κ3) is 3.41. The van der Waals surface area contributed by atoms with Crippen molar-refractivity contribution < 1.29 is 14.6 Å². The van der Waals surface area contributed by atoms with Crippen molar-refractivity contribution in [1.29, 1.82) is 0 Å². The van der Waals surface area contributed by atoms with Crippen LogP contribution in [0.15, 0.2) is 67.4 Å². The van der Waals surface area contributed by atoms with E-state index >= 15 is 0 Å². The Morgan fingerprint density at radius 2 is 2.13 bits per heavy atom. The molecule has 7 rings (SSSR count). The van der Waals surface area contributed by atoms with E-state index < -0.39 is 6.23 Å². The molecule has 4 N–H and O–H groups in total. The zero-order valence-electron chi connectivity index (χ0n) is 21.0. The van der Waals surface area contributed by atoms with Crippen LogP contribution in [-0.4, -0.2) is 49.8 Å². The highest BCUT2D eigenvalue weighted by molar-refractivity contribution is 5.92. The molecule has 0 radical (unpaired) electrons. The molecule has 10 heteroatoms. The lowest BCUT2D eigenvalue weighted by Gasteiger charge is -2.16. The van der Waals surface area contributed by atoms with Gasteiger partial charge in [-0.25, -0.2) is 9.97 Å². The molecule has 0 amide bonds. The quantitative estimate of drug-likeness (QED) is 0.254. The van der Waals surface area contributed by atoms with E-state index in [1.165, 1.54) is 0 Å². The lowest BCUT2D eigenvalue weighted by atomic mass is 9.91. The molecule has 2 aliphatic rings. The minimum atomic E-state index is -0.642. The maximum Gasteiger partial charge on any atom is 0.237 e. The first kappa shape index (κ1) is 22.6. The number of ether oxygens (including phenoxy) is 2. The van der Waals surface area contributed by atoms with Gasteiger partial charge in [-0.15, -0.1) is 0 Å². The van der Waals surface area contributed by atoms with Crippen molar-refractivity contribution in [2.75, 3.05) is 24.4 Å². The van der Waals surface area contributed by atoms with Crippen molar-refractivity contribution in [1.82, 2.24) is 24.7 Å². The molecule has 2 aromatic carbocycles. The van der Waals surface area contributed by atoms with Crippen LogP contribution in [0.2, 0.25) is 0 Å². The number of hydrogen-bond acceptors (Lipinski definition) is 8. The third-order valence-corrected chi connectivity index (χ3v) is 7.67. The molecule has 1 aliphatic heterocycles. The Kier molecular flexibility index (Phi) is 5.05. The number of aromatic nitrogens is 5. The zero-order chi connectivity index (χ0) is 25.9. The van der Waals surface area contributed by atoms with Crippen LogP contribution in [0.25, 0.3) is 16.6 Å². The van der Waals surface area contributed by atoms with Crippen LogP contribution in [0, 0.1) is 0 Å². The molecule has 1 saturated carbocycles. The molecule has 3 aromatic heterocycles. The van der Waals surface area contributed by atoms with Crippen molar-refractivity contribution in [2.45, 2.75) is 30.9 Å².